The lowest BCUT2D eigenvalue weighted by Crippen LogP contribution is -2.46. The van der Waals surface area contributed by atoms with Gasteiger partial charge >= 0.3 is 0 Å². The van der Waals surface area contributed by atoms with Gasteiger partial charge in [-0.3, -0.25) is 4.90 Å². The highest BCUT2D eigenvalue weighted by Gasteiger charge is 2.15. The summed E-state index contributed by atoms with van der Waals surface area (Å²) in [6.45, 7) is 5.95. The van der Waals surface area contributed by atoms with E-state index in [9.17, 15) is 0 Å². The van der Waals surface area contributed by atoms with Crippen LogP contribution < -0.4 is 0 Å². The summed E-state index contributed by atoms with van der Waals surface area (Å²) < 4.78 is 0. The van der Waals surface area contributed by atoms with Crippen molar-refractivity contribution in [3.05, 3.63) is 35.9 Å². The summed E-state index contributed by atoms with van der Waals surface area (Å²) in [6, 6.07) is 12.8. The molecule has 3 nitrogen and oxygen atoms in total. The zero-order valence-electron chi connectivity index (χ0n) is 10.2. The first kappa shape index (κ1) is 12.1. The summed E-state index contributed by atoms with van der Waals surface area (Å²) in [5.41, 5.74) is 1.41. The molecule has 2 rings (SSSR count). The fourth-order valence-corrected chi connectivity index (χ4v) is 2.20. The van der Waals surface area contributed by atoms with Crippen LogP contribution in [-0.2, 0) is 6.42 Å². The molecular formula is C14H19N3. The molecule has 1 heterocycles. The Kier molecular flexibility index (Phi) is 4.54. The first-order chi connectivity index (χ1) is 8.38. The van der Waals surface area contributed by atoms with Gasteiger partial charge in [0.1, 0.15) is 0 Å². The fourth-order valence-electron chi connectivity index (χ4n) is 2.20. The van der Waals surface area contributed by atoms with Crippen molar-refractivity contribution >= 4 is 0 Å². The van der Waals surface area contributed by atoms with Crippen LogP contribution in [0.4, 0.5) is 0 Å². The lowest BCUT2D eigenvalue weighted by atomic mass is 10.1. The number of hydrogen-bond donors (Lipinski definition) is 0. The van der Waals surface area contributed by atoms with Gasteiger partial charge in [0, 0.05) is 32.7 Å². The predicted octanol–water partition coefficient (Wildman–Crippen LogP) is 1.37. The third-order valence-corrected chi connectivity index (χ3v) is 3.32. The quantitative estimate of drug-likeness (QED) is 0.731. The second-order valence-corrected chi connectivity index (χ2v) is 4.51. The Balaban J connectivity index is 1.70. The Bertz CT molecular complexity index is 361. The molecule has 0 radical (unpaired) electrons. The van der Waals surface area contributed by atoms with Gasteiger partial charge in [0.15, 0.2) is 0 Å². The van der Waals surface area contributed by atoms with Gasteiger partial charge in [-0.1, -0.05) is 30.3 Å². The van der Waals surface area contributed by atoms with E-state index in [0.717, 1.165) is 39.1 Å². The van der Waals surface area contributed by atoms with E-state index in [0.29, 0.717) is 6.54 Å². The molecule has 1 aromatic rings. The van der Waals surface area contributed by atoms with Crippen molar-refractivity contribution in [2.45, 2.75) is 6.42 Å². The molecule has 0 bridgehead atoms. The number of benzene rings is 1. The van der Waals surface area contributed by atoms with Gasteiger partial charge in [-0.2, -0.15) is 5.26 Å². The van der Waals surface area contributed by atoms with Crippen molar-refractivity contribution in [1.29, 1.82) is 5.26 Å². The average Bonchev–Trinajstić information content (AvgIpc) is 2.40. The molecular weight excluding hydrogens is 210 g/mol. The molecule has 0 unspecified atom stereocenters. The van der Waals surface area contributed by atoms with Gasteiger partial charge in [0.05, 0.1) is 12.6 Å². The molecule has 1 aromatic carbocycles. The van der Waals surface area contributed by atoms with E-state index < -0.39 is 0 Å². The Hall–Kier alpha value is -1.37. The van der Waals surface area contributed by atoms with E-state index in [-0.39, 0.29) is 0 Å². The molecule has 0 saturated carbocycles. The molecule has 1 saturated heterocycles. The van der Waals surface area contributed by atoms with E-state index >= 15 is 0 Å². The van der Waals surface area contributed by atoms with Crippen LogP contribution in [0.1, 0.15) is 5.56 Å². The molecule has 0 spiro atoms. The highest BCUT2D eigenvalue weighted by molar-refractivity contribution is 5.14. The predicted molar refractivity (Wildman–Crippen MR) is 68.6 cm³/mol. The maximum Gasteiger partial charge on any atom is 0.0866 e. The van der Waals surface area contributed by atoms with Crippen molar-refractivity contribution in [1.82, 2.24) is 9.80 Å². The SMILES string of the molecule is N#CCN1CCN(CCc2ccccc2)CC1. The topological polar surface area (TPSA) is 30.3 Å². The largest absolute Gasteiger partial charge is 0.300 e. The zero-order valence-corrected chi connectivity index (χ0v) is 10.2. The second kappa shape index (κ2) is 6.39. The molecule has 0 aromatic heterocycles. The average molecular weight is 229 g/mol. The normalized spacial score (nSPS) is 17.8. The standard InChI is InChI=1S/C14H19N3/c15-7-9-17-12-10-16(11-13-17)8-6-14-4-2-1-3-5-14/h1-5H,6,8-13H2. The minimum Gasteiger partial charge on any atom is -0.300 e. The number of piperazine rings is 1. The number of hydrogen-bond acceptors (Lipinski definition) is 3. The maximum atomic E-state index is 8.63. The monoisotopic (exact) mass is 229 g/mol. The molecule has 0 amide bonds. The summed E-state index contributed by atoms with van der Waals surface area (Å²) in [4.78, 5) is 4.71. The lowest BCUT2D eigenvalue weighted by molar-refractivity contribution is 0.145. The van der Waals surface area contributed by atoms with Gasteiger partial charge in [-0.25, -0.2) is 0 Å². The van der Waals surface area contributed by atoms with E-state index in [1.807, 2.05) is 0 Å². The van der Waals surface area contributed by atoms with Gasteiger partial charge in [-0.15, -0.1) is 0 Å². The Morgan fingerprint density at radius 1 is 1.00 bits per heavy atom. The lowest BCUT2D eigenvalue weighted by Gasteiger charge is -2.33. The van der Waals surface area contributed by atoms with Crippen LogP contribution in [0.15, 0.2) is 30.3 Å². The third kappa shape index (κ3) is 3.85. The minimum atomic E-state index is 0.576. The zero-order chi connectivity index (χ0) is 11.9. The van der Waals surface area contributed by atoms with Crippen LogP contribution in [0.2, 0.25) is 0 Å². The van der Waals surface area contributed by atoms with E-state index in [1.54, 1.807) is 0 Å². The highest BCUT2D eigenvalue weighted by atomic mass is 15.3. The van der Waals surface area contributed by atoms with Crippen LogP contribution in [0, 0.1) is 11.3 Å². The first-order valence-electron chi connectivity index (χ1n) is 6.24. The molecule has 0 N–H and O–H groups in total. The van der Waals surface area contributed by atoms with Gasteiger partial charge in [0.2, 0.25) is 0 Å². The highest BCUT2D eigenvalue weighted by Crippen LogP contribution is 2.05. The third-order valence-electron chi connectivity index (χ3n) is 3.32. The number of nitrogens with zero attached hydrogens (tertiary/aromatic N) is 3. The summed E-state index contributed by atoms with van der Waals surface area (Å²) in [5.74, 6) is 0. The Morgan fingerprint density at radius 3 is 2.29 bits per heavy atom. The smallest absolute Gasteiger partial charge is 0.0866 e. The fraction of sp³-hybridized carbons (Fsp3) is 0.500. The summed E-state index contributed by atoms with van der Waals surface area (Å²) in [5, 5.41) is 8.63. The molecule has 90 valence electrons. The maximum absolute atomic E-state index is 8.63. The number of nitriles is 1. The molecule has 1 aliphatic heterocycles. The van der Waals surface area contributed by atoms with Crippen LogP contribution in [0.25, 0.3) is 0 Å². The molecule has 1 fully saturated rings. The van der Waals surface area contributed by atoms with Crippen molar-refractivity contribution in [2.75, 3.05) is 39.3 Å². The molecule has 3 heteroatoms. The first-order valence-corrected chi connectivity index (χ1v) is 6.24. The van der Waals surface area contributed by atoms with E-state index in [2.05, 4.69) is 46.2 Å². The van der Waals surface area contributed by atoms with Crippen molar-refractivity contribution in [3.8, 4) is 6.07 Å². The minimum absolute atomic E-state index is 0.576. The van der Waals surface area contributed by atoms with Gasteiger partial charge in [-0.05, 0) is 12.0 Å². The Labute approximate surface area is 103 Å². The molecule has 17 heavy (non-hydrogen) atoms. The van der Waals surface area contributed by atoms with Crippen LogP contribution in [0.3, 0.4) is 0 Å². The summed E-state index contributed by atoms with van der Waals surface area (Å²) in [6.07, 6.45) is 1.12. The van der Waals surface area contributed by atoms with Crippen molar-refractivity contribution in [3.63, 3.8) is 0 Å². The van der Waals surface area contributed by atoms with Crippen LogP contribution in [0.5, 0.6) is 0 Å². The molecule has 0 atom stereocenters. The number of rotatable bonds is 4. The Morgan fingerprint density at radius 2 is 1.65 bits per heavy atom. The van der Waals surface area contributed by atoms with Gasteiger partial charge < -0.3 is 4.90 Å². The molecule has 0 aliphatic carbocycles. The van der Waals surface area contributed by atoms with Gasteiger partial charge in [0.25, 0.3) is 0 Å². The van der Waals surface area contributed by atoms with Crippen molar-refractivity contribution in [2.24, 2.45) is 0 Å². The summed E-state index contributed by atoms with van der Waals surface area (Å²) in [7, 11) is 0. The molecule has 1 aliphatic rings. The van der Waals surface area contributed by atoms with Crippen LogP contribution in [-0.4, -0.2) is 49.1 Å². The summed E-state index contributed by atoms with van der Waals surface area (Å²) >= 11 is 0. The van der Waals surface area contributed by atoms with E-state index in [1.165, 1.54) is 5.56 Å². The van der Waals surface area contributed by atoms with Crippen LogP contribution >= 0.6 is 0 Å². The second-order valence-electron chi connectivity index (χ2n) is 4.51. The van der Waals surface area contributed by atoms with E-state index in [4.69, 9.17) is 5.26 Å². The van der Waals surface area contributed by atoms with Crippen molar-refractivity contribution < 1.29 is 0 Å².